The molecule has 1 aliphatic rings. The number of nitrogens with zero attached hydrogens (tertiary/aromatic N) is 3. The minimum absolute atomic E-state index is 0.214. The van der Waals surface area contributed by atoms with Gasteiger partial charge in [0.15, 0.2) is 0 Å². The molecule has 0 bridgehead atoms. The molecule has 0 unspecified atom stereocenters. The van der Waals surface area contributed by atoms with E-state index >= 15 is 0 Å². The molecule has 0 radical (unpaired) electrons. The highest BCUT2D eigenvalue weighted by Crippen LogP contribution is 2.23. The third kappa shape index (κ3) is 5.08. The van der Waals surface area contributed by atoms with E-state index in [-0.39, 0.29) is 11.8 Å². The van der Waals surface area contributed by atoms with Gasteiger partial charge >= 0.3 is 0 Å². The van der Waals surface area contributed by atoms with Crippen LogP contribution in [0.4, 0.5) is 14.7 Å². The zero-order valence-corrected chi connectivity index (χ0v) is 12.2. The molecule has 1 aromatic heterocycles. The van der Waals surface area contributed by atoms with E-state index in [0.29, 0.717) is 17.4 Å². The summed E-state index contributed by atoms with van der Waals surface area (Å²) in [5.41, 5.74) is 0. The molecule has 1 aliphatic heterocycles. The Morgan fingerprint density at radius 2 is 2.00 bits per heavy atom. The molecule has 2 heterocycles. The third-order valence-corrected chi connectivity index (χ3v) is 3.63. The van der Waals surface area contributed by atoms with Crippen molar-refractivity contribution in [3.05, 3.63) is 17.4 Å². The molecule has 8 heteroatoms. The number of nitrogens with one attached hydrogen (secondary N) is 1. The van der Waals surface area contributed by atoms with Crippen LogP contribution >= 0.6 is 11.6 Å². The first kappa shape index (κ1) is 15.9. The maximum absolute atomic E-state index is 12.0. The Hall–Kier alpha value is -1.50. The van der Waals surface area contributed by atoms with Gasteiger partial charge in [0.1, 0.15) is 0 Å². The average molecular weight is 319 g/mol. The number of carbonyl (C=O) groups excluding carboxylic acids is 1. The standard InChI is InChI=1S/C13H17ClF2N4O/c14-10-6-18-13(19-7-10)20-3-1-9(2-4-20)5-12(21)17-8-11(15)16/h6-7,9,11H,1-5,8H2,(H,17,21). The van der Waals surface area contributed by atoms with Gasteiger partial charge in [-0.1, -0.05) is 11.6 Å². The first-order valence-electron chi connectivity index (χ1n) is 6.82. The van der Waals surface area contributed by atoms with E-state index in [4.69, 9.17) is 11.6 Å². The second kappa shape index (κ2) is 7.49. The molecule has 0 saturated carbocycles. The van der Waals surface area contributed by atoms with Gasteiger partial charge in [-0.15, -0.1) is 0 Å². The Morgan fingerprint density at radius 1 is 1.38 bits per heavy atom. The van der Waals surface area contributed by atoms with E-state index in [1.54, 1.807) is 12.4 Å². The predicted octanol–water partition coefficient (Wildman–Crippen LogP) is 2.12. The molecular weight excluding hydrogens is 302 g/mol. The van der Waals surface area contributed by atoms with Crippen molar-refractivity contribution >= 4 is 23.5 Å². The average Bonchev–Trinajstić information content (AvgIpc) is 2.47. The van der Waals surface area contributed by atoms with Crippen LogP contribution in [0.1, 0.15) is 19.3 Å². The van der Waals surface area contributed by atoms with Gasteiger partial charge in [0.2, 0.25) is 11.9 Å². The summed E-state index contributed by atoms with van der Waals surface area (Å²) in [5, 5.41) is 2.73. The summed E-state index contributed by atoms with van der Waals surface area (Å²) in [6.07, 6.45) is 2.52. The van der Waals surface area contributed by atoms with Crippen LogP contribution in [-0.4, -0.2) is 41.9 Å². The molecule has 5 nitrogen and oxygen atoms in total. The molecule has 1 amide bonds. The number of rotatable bonds is 5. The number of amides is 1. The van der Waals surface area contributed by atoms with Crippen molar-refractivity contribution in [2.75, 3.05) is 24.5 Å². The molecule has 1 fully saturated rings. The number of hydrogen-bond donors (Lipinski definition) is 1. The third-order valence-electron chi connectivity index (χ3n) is 3.43. The Bertz CT molecular complexity index is 464. The molecule has 21 heavy (non-hydrogen) atoms. The van der Waals surface area contributed by atoms with Crippen molar-refractivity contribution in [3.8, 4) is 0 Å². The SMILES string of the molecule is O=C(CC1CCN(c2ncc(Cl)cn2)CC1)NCC(F)F. The van der Waals surface area contributed by atoms with Crippen molar-refractivity contribution < 1.29 is 13.6 Å². The van der Waals surface area contributed by atoms with Crippen molar-refractivity contribution in [1.82, 2.24) is 15.3 Å². The summed E-state index contributed by atoms with van der Waals surface area (Å²) in [4.78, 5) is 21.9. The second-order valence-electron chi connectivity index (χ2n) is 5.03. The summed E-state index contributed by atoms with van der Waals surface area (Å²) < 4.78 is 24.0. The summed E-state index contributed by atoms with van der Waals surface area (Å²) in [7, 11) is 0. The summed E-state index contributed by atoms with van der Waals surface area (Å²) in [5.74, 6) is 0.530. The fourth-order valence-electron chi connectivity index (χ4n) is 2.33. The maximum atomic E-state index is 12.0. The van der Waals surface area contributed by atoms with E-state index in [1.165, 1.54) is 0 Å². The molecule has 116 valence electrons. The molecule has 0 spiro atoms. The molecule has 2 rings (SSSR count). The summed E-state index contributed by atoms with van der Waals surface area (Å²) in [6.45, 7) is 0.916. The van der Waals surface area contributed by atoms with Crippen molar-refractivity contribution in [2.45, 2.75) is 25.7 Å². The molecule has 0 aromatic carbocycles. The zero-order valence-electron chi connectivity index (χ0n) is 11.4. The summed E-state index contributed by atoms with van der Waals surface area (Å²) in [6, 6.07) is 0. The lowest BCUT2D eigenvalue weighted by atomic mass is 9.93. The monoisotopic (exact) mass is 318 g/mol. The van der Waals surface area contributed by atoms with Crippen LogP contribution in [0.3, 0.4) is 0 Å². The largest absolute Gasteiger partial charge is 0.350 e. The van der Waals surface area contributed by atoms with Crippen LogP contribution in [0, 0.1) is 5.92 Å². The predicted molar refractivity (Wildman–Crippen MR) is 75.6 cm³/mol. The number of anilines is 1. The maximum Gasteiger partial charge on any atom is 0.255 e. The van der Waals surface area contributed by atoms with Gasteiger partial charge < -0.3 is 10.2 Å². The van der Waals surface area contributed by atoms with E-state index < -0.39 is 13.0 Å². The molecule has 0 aliphatic carbocycles. The van der Waals surface area contributed by atoms with Crippen molar-refractivity contribution in [1.29, 1.82) is 0 Å². The number of halogens is 3. The normalized spacial score (nSPS) is 16.3. The molecular formula is C13H17ClF2N4O. The van der Waals surface area contributed by atoms with E-state index in [0.717, 1.165) is 25.9 Å². The van der Waals surface area contributed by atoms with E-state index in [2.05, 4.69) is 15.3 Å². The van der Waals surface area contributed by atoms with Gasteiger partial charge in [-0.05, 0) is 18.8 Å². The Balaban J connectivity index is 1.75. The first-order chi connectivity index (χ1) is 10.0. The van der Waals surface area contributed by atoms with Gasteiger partial charge in [-0.3, -0.25) is 4.79 Å². The molecule has 1 saturated heterocycles. The van der Waals surface area contributed by atoms with Gasteiger partial charge in [-0.25, -0.2) is 18.7 Å². The number of piperidine rings is 1. The lowest BCUT2D eigenvalue weighted by Gasteiger charge is -2.31. The van der Waals surface area contributed by atoms with Crippen LogP contribution in [0.2, 0.25) is 5.02 Å². The van der Waals surface area contributed by atoms with Crippen molar-refractivity contribution in [3.63, 3.8) is 0 Å². The van der Waals surface area contributed by atoms with Gasteiger partial charge in [-0.2, -0.15) is 0 Å². The Morgan fingerprint density at radius 3 is 2.57 bits per heavy atom. The van der Waals surface area contributed by atoms with Gasteiger partial charge in [0.05, 0.1) is 24.0 Å². The Kier molecular flexibility index (Phi) is 5.67. The quantitative estimate of drug-likeness (QED) is 0.903. The topological polar surface area (TPSA) is 58.1 Å². The van der Waals surface area contributed by atoms with Crippen molar-refractivity contribution in [2.24, 2.45) is 5.92 Å². The smallest absolute Gasteiger partial charge is 0.255 e. The highest BCUT2D eigenvalue weighted by atomic mass is 35.5. The molecule has 0 atom stereocenters. The highest BCUT2D eigenvalue weighted by molar-refractivity contribution is 6.30. The minimum Gasteiger partial charge on any atom is -0.350 e. The fourth-order valence-corrected chi connectivity index (χ4v) is 2.43. The van der Waals surface area contributed by atoms with E-state index in [9.17, 15) is 13.6 Å². The highest BCUT2D eigenvalue weighted by Gasteiger charge is 2.23. The fraction of sp³-hybridized carbons (Fsp3) is 0.615. The van der Waals surface area contributed by atoms with Crippen LogP contribution in [0.5, 0.6) is 0 Å². The lowest BCUT2D eigenvalue weighted by Crippen LogP contribution is -2.37. The van der Waals surface area contributed by atoms with Gasteiger partial charge in [0, 0.05) is 19.5 Å². The van der Waals surface area contributed by atoms with E-state index in [1.807, 2.05) is 4.90 Å². The summed E-state index contributed by atoms with van der Waals surface area (Å²) >= 11 is 5.74. The lowest BCUT2D eigenvalue weighted by molar-refractivity contribution is -0.122. The molecule has 1 N–H and O–H groups in total. The van der Waals surface area contributed by atoms with Crippen LogP contribution in [0.15, 0.2) is 12.4 Å². The minimum atomic E-state index is -2.50. The Labute approximate surface area is 126 Å². The second-order valence-corrected chi connectivity index (χ2v) is 5.47. The first-order valence-corrected chi connectivity index (χ1v) is 7.19. The van der Waals surface area contributed by atoms with Crippen LogP contribution in [-0.2, 0) is 4.79 Å². The van der Waals surface area contributed by atoms with Crippen LogP contribution < -0.4 is 10.2 Å². The van der Waals surface area contributed by atoms with Gasteiger partial charge in [0.25, 0.3) is 6.43 Å². The number of aromatic nitrogens is 2. The molecule has 1 aromatic rings. The number of alkyl halides is 2. The number of hydrogen-bond acceptors (Lipinski definition) is 4. The zero-order chi connectivity index (χ0) is 15.2. The van der Waals surface area contributed by atoms with Crippen LogP contribution in [0.25, 0.3) is 0 Å². The number of carbonyl (C=O) groups is 1.